The van der Waals surface area contributed by atoms with Crippen molar-refractivity contribution in [2.45, 2.75) is 30.9 Å². The standard InChI is InChI=1S/C24H26N2O6/c1-15(21(27)26-12-11-24(14-26,31-2)22(28)29)25-23(30)32-13-20-18-9-5-3-7-16(18)17-8-4-6-10-19(17)20/h3-10,15,20H,11-14H2,1-2H3,(H,25,30)(H,28,29). The van der Waals surface area contributed by atoms with E-state index in [2.05, 4.69) is 17.4 Å². The zero-order valence-corrected chi connectivity index (χ0v) is 18.0. The smallest absolute Gasteiger partial charge is 0.407 e. The molecule has 1 heterocycles. The number of carboxylic acid groups (broad SMARTS) is 1. The van der Waals surface area contributed by atoms with Crippen LogP contribution in [-0.2, 0) is 19.1 Å². The molecule has 1 aliphatic heterocycles. The molecule has 4 rings (SSSR count). The Labute approximate surface area is 186 Å². The highest BCUT2D eigenvalue weighted by atomic mass is 16.5. The van der Waals surface area contributed by atoms with Crippen LogP contribution in [-0.4, -0.2) is 66.4 Å². The summed E-state index contributed by atoms with van der Waals surface area (Å²) >= 11 is 0. The van der Waals surface area contributed by atoms with Gasteiger partial charge in [0, 0.05) is 26.0 Å². The van der Waals surface area contributed by atoms with Crippen molar-refractivity contribution in [2.75, 3.05) is 26.8 Å². The van der Waals surface area contributed by atoms with Gasteiger partial charge in [0.1, 0.15) is 12.6 Å². The summed E-state index contributed by atoms with van der Waals surface area (Å²) in [7, 11) is 1.32. The van der Waals surface area contributed by atoms with Gasteiger partial charge < -0.3 is 24.8 Å². The Morgan fingerprint density at radius 1 is 1.12 bits per heavy atom. The second-order valence-corrected chi connectivity index (χ2v) is 8.20. The minimum Gasteiger partial charge on any atom is -0.479 e. The van der Waals surface area contributed by atoms with Crippen molar-refractivity contribution < 1.29 is 29.0 Å². The fraction of sp³-hybridized carbons (Fsp3) is 0.375. The fourth-order valence-corrected chi connectivity index (χ4v) is 4.55. The molecule has 0 bridgehead atoms. The molecule has 32 heavy (non-hydrogen) atoms. The summed E-state index contributed by atoms with van der Waals surface area (Å²) in [5, 5.41) is 12.0. The van der Waals surface area contributed by atoms with E-state index < -0.39 is 23.7 Å². The molecule has 2 unspecified atom stereocenters. The topological polar surface area (TPSA) is 105 Å². The number of amides is 2. The summed E-state index contributed by atoms with van der Waals surface area (Å²) in [5.41, 5.74) is 3.07. The van der Waals surface area contributed by atoms with Crippen LogP contribution in [0.3, 0.4) is 0 Å². The number of nitrogens with zero attached hydrogens (tertiary/aromatic N) is 1. The SMILES string of the molecule is COC1(C(=O)O)CCN(C(=O)C(C)NC(=O)OCC2c3ccccc3-c3ccccc32)C1. The van der Waals surface area contributed by atoms with Gasteiger partial charge in [-0.2, -0.15) is 0 Å². The van der Waals surface area contributed by atoms with E-state index in [1.807, 2.05) is 36.4 Å². The van der Waals surface area contributed by atoms with Crippen molar-refractivity contribution in [3.05, 3.63) is 59.7 Å². The Kier molecular flexibility index (Phi) is 5.88. The Morgan fingerprint density at radius 3 is 2.25 bits per heavy atom. The summed E-state index contributed by atoms with van der Waals surface area (Å²) < 4.78 is 10.6. The Balaban J connectivity index is 1.36. The van der Waals surface area contributed by atoms with Crippen molar-refractivity contribution in [1.29, 1.82) is 0 Å². The maximum absolute atomic E-state index is 12.7. The zero-order valence-electron chi connectivity index (χ0n) is 18.0. The Morgan fingerprint density at radius 2 is 1.72 bits per heavy atom. The predicted octanol–water partition coefficient (Wildman–Crippen LogP) is 2.62. The first-order chi connectivity index (χ1) is 15.4. The summed E-state index contributed by atoms with van der Waals surface area (Å²) in [6.45, 7) is 1.89. The third-order valence-electron chi connectivity index (χ3n) is 6.37. The van der Waals surface area contributed by atoms with Gasteiger partial charge in [-0.15, -0.1) is 0 Å². The van der Waals surface area contributed by atoms with Crippen molar-refractivity contribution in [3.63, 3.8) is 0 Å². The molecule has 2 aromatic rings. The number of methoxy groups -OCH3 is 1. The number of likely N-dealkylation sites (tertiary alicyclic amines) is 1. The molecule has 0 radical (unpaired) electrons. The third kappa shape index (κ3) is 3.82. The molecule has 2 atom stereocenters. The lowest BCUT2D eigenvalue weighted by molar-refractivity contribution is -0.161. The molecular formula is C24H26N2O6. The molecule has 2 amide bonds. The lowest BCUT2D eigenvalue weighted by atomic mass is 9.98. The molecule has 1 aliphatic carbocycles. The predicted molar refractivity (Wildman–Crippen MR) is 116 cm³/mol. The highest BCUT2D eigenvalue weighted by Gasteiger charge is 2.47. The van der Waals surface area contributed by atoms with E-state index in [0.29, 0.717) is 0 Å². The monoisotopic (exact) mass is 438 g/mol. The van der Waals surface area contributed by atoms with Crippen LogP contribution in [0, 0.1) is 0 Å². The number of carbonyl (C=O) groups is 3. The van der Waals surface area contributed by atoms with Crippen LogP contribution in [0.1, 0.15) is 30.4 Å². The molecule has 1 fully saturated rings. The van der Waals surface area contributed by atoms with Crippen LogP contribution in [0.5, 0.6) is 0 Å². The molecule has 8 heteroatoms. The number of benzene rings is 2. The average Bonchev–Trinajstić information content (AvgIpc) is 3.38. The first-order valence-corrected chi connectivity index (χ1v) is 10.5. The molecule has 168 valence electrons. The van der Waals surface area contributed by atoms with Gasteiger partial charge in [0.05, 0.1) is 6.54 Å². The Bertz CT molecular complexity index is 1010. The number of carbonyl (C=O) groups excluding carboxylic acids is 2. The van der Waals surface area contributed by atoms with E-state index in [9.17, 15) is 19.5 Å². The first-order valence-electron chi connectivity index (χ1n) is 10.5. The molecule has 2 aromatic carbocycles. The molecule has 8 nitrogen and oxygen atoms in total. The lowest BCUT2D eigenvalue weighted by Crippen LogP contribution is -2.49. The quantitative estimate of drug-likeness (QED) is 0.718. The van der Waals surface area contributed by atoms with Gasteiger partial charge in [0.2, 0.25) is 5.91 Å². The normalized spacial score (nSPS) is 20.4. The molecule has 1 saturated heterocycles. The number of fused-ring (bicyclic) bond motifs is 3. The zero-order chi connectivity index (χ0) is 22.9. The van der Waals surface area contributed by atoms with E-state index in [1.54, 1.807) is 6.92 Å². The van der Waals surface area contributed by atoms with Gasteiger partial charge in [-0.05, 0) is 29.2 Å². The number of hydrogen-bond acceptors (Lipinski definition) is 5. The van der Waals surface area contributed by atoms with Crippen LogP contribution in [0.15, 0.2) is 48.5 Å². The minimum absolute atomic E-state index is 0.0611. The van der Waals surface area contributed by atoms with Gasteiger partial charge in [-0.1, -0.05) is 48.5 Å². The van der Waals surface area contributed by atoms with Crippen molar-refractivity contribution in [2.24, 2.45) is 0 Å². The number of ether oxygens (including phenoxy) is 2. The maximum atomic E-state index is 12.7. The number of nitrogens with one attached hydrogen (secondary N) is 1. The van der Waals surface area contributed by atoms with Crippen LogP contribution in [0.2, 0.25) is 0 Å². The fourth-order valence-electron chi connectivity index (χ4n) is 4.55. The van der Waals surface area contributed by atoms with Crippen LogP contribution in [0.25, 0.3) is 11.1 Å². The molecule has 0 aromatic heterocycles. The first kappa shape index (κ1) is 21.8. The van der Waals surface area contributed by atoms with E-state index >= 15 is 0 Å². The van der Waals surface area contributed by atoms with Gasteiger partial charge >= 0.3 is 12.1 Å². The molecule has 2 aliphatic rings. The van der Waals surface area contributed by atoms with Gasteiger partial charge in [-0.25, -0.2) is 9.59 Å². The average molecular weight is 438 g/mol. The molecule has 0 spiro atoms. The second-order valence-electron chi connectivity index (χ2n) is 8.20. The molecular weight excluding hydrogens is 412 g/mol. The molecule has 2 N–H and O–H groups in total. The number of hydrogen-bond donors (Lipinski definition) is 2. The summed E-state index contributed by atoms with van der Waals surface area (Å²) in [4.78, 5) is 38.0. The summed E-state index contributed by atoms with van der Waals surface area (Å²) in [6.07, 6.45) is -0.495. The molecule has 0 saturated carbocycles. The maximum Gasteiger partial charge on any atom is 0.407 e. The van der Waals surface area contributed by atoms with Crippen LogP contribution < -0.4 is 5.32 Å². The van der Waals surface area contributed by atoms with E-state index in [1.165, 1.54) is 12.0 Å². The second kappa shape index (κ2) is 8.63. The lowest BCUT2D eigenvalue weighted by Gasteiger charge is -2.25. The van der Waals surface area contributed by atoms with Crippen molar-refractivity contribution in [1.82, 2.24) is 10.2 Å². The highest BCUT2D eigenvalue weighted by Crippen LogP contribution is 2.44. The van der Waals surface area contributed by atoms with Gasteiger partial charge in [0.15, 0.2) is 5.60 Å². The van der Waals surface area contributed by atoms with E-state index in [-0.39, 0.29) is 37.9 Å². The number of rotatable bonds is 6. The van der Waals surface area contributed by atoms with Crippen molar-refractivity contribution in [3.8, 4) is 11.1 Å². The largest absolute Gasteiger partial charge is 0.479 e. The summed E-state index contributed by atoms with van der Waals surface area (Å²) in [5.74, 6) is -1.55. The number of alkyl carbamates (subject to hydrolysis) is 1. The Hall–Kier alpha value is -3.39. The van der Waals surface area contributed by atoms with E-state index in [0.717, 1.165) is 22.3 Å². The van der Waals surface area contributed by atoms with Gasteiger partial charge in [0.25, 0.3) is 0 Å². The summed E-state index contributed by atoms with van der Waals surface area (Å²) in [6, 6.07) is 15.2. The highest BCUT2D eigenvalue weighted by molar-refractivity contribution is 5.87. The third-order valence-corrected chi connectivity index (χ3v) is 6.37. The number of aliphatic carboxylic acids is 1. The van der Waals surface area contributed by atoms with Crippen LogP contribution in [0.4, 0.5) is 4.79 Å². The van der Waals surface area contributed by atoms with Crippen LogP contribution >= 0.6 is 0 Å². The van der Waals surface area contributed by atoms with Gasteiger partial charge in [-0.3, -0.25) is 4.79 Å². The van der Waals surface area contributed by atoms with Crippen molar-refractivity contribution >= 4 is 18.0 Å². The number of carboxylic acids is 1. The minimum atomic E-state index is -1.40. The van der Waals surface area contributed by atoms with E-state index in [4.69, 9.17) is 9.47 Å².